The number of nitrogens with one attached hydrogen (secondary N) is 1. The molecule has 2 atom stereocenters. The Balaban J connectivity index is 1.31. The summed E-state index contributed by atoms with van der Waals surface area (Å²) in [6, 6.07) is 17.3. The predicted octanol–water partition coefficient (Wildman–Crippen LogP) is 8.62. The van der Waals surface area contributed by atoms with Crippen LogP contribution in [0.5, 0.6) is 11.5 Å². The lowest BCUT2D eigenvalue weighted by molar-refractivity contribution is -0.139. The maximum atomic E-state index is 14.7. The molecule has 1 heterocycles. The molecule has 3 aromatic rings. The second-order valence-corrected chi connectivity index (χ2v) is 15.8. The second-order valence-electron chi connectivity index (χ2n) is 14.6. The van der Waals surface area contributed by atoms with Crippen LogP contribution in [0.4, 0.5) is 4.79 Å². The maximum absolute atomic E-state index is 14.7. The molecule has 52 heavy (non-hydrogen) atoms. The Kier molecular flexibility index (Phi) is 13.3. The van der Waals surface area contributed by atoms with E-state index in [2.05, 4.69) is 5.32 Å². The third kappa shape index (κ3) is 10.9. The molecule has 1 aliphatic heterocycles. The average molecular weight is 773 g/mol. The van der Waals surface area contributed by atoms with Crippen LogP contribution in [0.15, 0.2) is 54.6 Å². The van der Waals surface area contributed by atoms with Gasteiger partial charge in [-0.3, -0.25) is 9.59 Å². The van der Waals surface area contributed by atoms with Crippen LogP contribution < -0.4 is 14.8 Å². The van der Waals surface area contributed by atoms with Gasteiger partial charge in [-0.15, -0.1) is 0 Å². The third-order valence-corrected chi connectivity index (χ3v) is 10.1. The van der Waals surface area contributed by atoms with Crippen molar-refractivity contribution in [2.75, 3.05) is 32.8 Å². The summed E-state index contributed by atoms with van der Waals surface area (Å²) in [5, 5.41) is 4.32. The van der Waals surface area contributed by atoms with Crippen molar-refractivity contribution in [1.82, 2.24) is 15.1 Å². The number of rotatable bonds is 13. The molecule has 5 rings (SSSR count). The average Bonchev–Trinajstić information content (AvgIpc) is 3.92. The van der Waals surface area contributed by atoms with Crippen molar-refractivity contribution in [3.63, 3.8) is 0 Å². The van der Waals surface area contributed by atoms with Crippen LogP contribution in [0.1, 0.15) is 75.1 Å². The Labute approximate surface area is 321 Å². The normalized spacial score (nSPS) is 17.3. The Bertz CT molecular complexity index is 1720. The van der Waals surface area contributed by atoms with Crippen LogP contribution in [-0.2, 0) is 27.3 Å². The molecule has 3 amide bonds. The summed E-state index contributed by atoms with van der Waals surface area (Å²) in [7, 11) is 0. The molecule has 280 valence electrons. The van der Waals surface area contributed by atoms with E-state index < -0.39 is 17.6 Å². The zero-order chi connectivity index (χ0) is 37.6. The van der Waals surface area contributed by atoms with Crippen LogP contribution in [0.25, 0.3) is 0 Å². The highest BCUT2D eigenvalue weighted by Crippen LogP contribution is 2.39. The van der Waals surface area contributed by atoms with Gasteiger partial charge < -0.3 is 29.3 Å². The molecule has 9 nitrogen and oxygen atoms in total. The van der Waals surface area contributed by atoms with Gasteiger partial charge in [0, 0.05) is 44.2 Å². The van der Waals surface area contributed by atoms with E-state index in [1.807, 2.05) is 75.1 Å². The van der Waals surface area contributed by atoms with Gasteiger partial charge >= 0.3 is 6.09 Å². The van der Waals surface area contributed by atoms with E-state index in [4.69, 9.17) is 49.0 Å². The van der Waals surface area contributed by atoms with Crippen LogP contribution in [-0.4, -0.2) is 72.2 Å². The van der Waals surface area contributed by atoms with E-state index >= 15 is 0 Å². The molecule has 1 saturated carbocycles. The molecular weight excluding hydrogens is 725 g/mol. The Morgan fingerprint density at radius 3 is 2.21 bits per heavy atom. The number of nitrogens with zero attached hydrogens (tertiary/aromatic N) is 2. The highest BCUT2D eigenvalue weighted by molar-refractivity contribution is 6.37. The highest BCUT2D eigenvalue weighted by Gasteiger charge is 2.43. The molecule has 0 bridgehead atoms. The molecule has 0 radical (unpaired) electrons. The van der Waals surface area contributed by atoms with Crippen molar-refractivity contribution in [3.05, 3.63) is 91.9 Å². The minimum absolute atomic E-state index is 0.00798. The SMILES string of the molecule is CC(=O)NCCc1ccc(Cl)c(CN(C(=O)[C@H]2CN(C(=O)OC(C)(C)C)CC[C@@H]2c2ccc(OCCOc3c(Cl)cc(C)cc3Cl)cc2)C2CC2)c1. The fraction of sp³-hybridized carbons (Fsp3) is 0.475. The number of likely N-dealkylation sites (tertiary alicyclic amines) is 1. The van der Waals surface area contributed by atoms with Crippen LogP contribution in [0, 0.1) is 12.8 Å². The number of halogens is 3. The smallest absolute Gasteiger partial charge is 0.410 e. The molecule has 2 aliphatic rings. The number of piperidine rings is 1. The first-order chi connectivity index (χ1) is 24.7. The minimum atomic E-state index is -0.658. The zero-order valence-corrected chi connectivity index (χ0v) is 32.7. The molecule has 1 saturated heterocycles. The highest BCUT2D eigenvalue weighted by atomic mass is 35.5. The first-order valence-corrected chi connectivity index (χ1v) is 18.9. The van der Waals surface area contributed by atoms with Crippen LogP contribution in [0.3, 0.4) is 0 Å². The predicted molar refractivity (Wildman–Crippen MR) is 205 cm³/mol. The molecule has 0 spiro atoms. The van der Waals surface area contributed by atoms with Gasteiger partial charge in [0.05, 0.1) is 16.0 Å². The minimum Gasteiger partial charge on any atom is -0.490 e. The number of carbonyl (C=O) groups excluding carboxylic acids is 3. The summed E-state index contributed by atoms with van der Waals surface area (Å²) in [6.07, 6.45) is 2.66. The quantitative estimate of drug-likeness (QED) is 0.175. The van der Waals surface area contributed by atoms with Crippen molar-refractivity contribution in [3.8, 4) is 11.5 Å². The van der Waals surface area contributed by atoms with E-state index in [0.29, 0.717) is 59.0 Å². The molecule has 3 aromatic carbocycles. The van der Waals surface area contributed by atoms with Crippen LogP contribution >= 0.6 is 34.8 Å². The number of amides is 3. The largest absolute Gasteiger partial charge is 0.490 e. The standard InChI is InChI=1S/C40H48Cl3N3O6/c1-25-20-35(42)37(36(43)21-25)51-19-18-50-31-11-7-28(8-12-31)32-15-17-45(39(49)52-40(3,4)5)24-33(32)38(48)46(30-9-10-30)23-29-22-27(6-13-34(29)41)14-16-44-26(2)47/h6-8,11-13,20-22,30,32-33H,9-10,14-19,23-24H2,1-5H3,(H,44,47)/t32-,33+/m1/s1. The summed E-state index contributed by atoms with van der Waals surface area (Å²) in [5.74, 6) is 0.382. The van der Waals surface area contributed by atoms with Crippen LogP contribution in [0.2, 0.25) is 15.1 Å². The van der Waals surface area contributed by atoms with Crippen molar-refractivity contribution in [2.45, 2.75) is 84.4 Å². The Morgan fingerprint density at radius 1 is 0.904 bits per heavy atom. The van der Waals surface area contributed by atoms with Gasteiger partial charge in [-0.1, -0.05) is 59.1 Å². The van der Waals surface area contributed by atoms with Gasteiger partial charge in [0.1, 0.15) is 24.6 Å². The first kappa shape index (κ1) is 39.5. The van der Waals surface area contributed by atoms with E-state index in [0.717, 1.165) is 35.1 Å². The lowest BCUT2D eigenvalue weighted by Gasteiger charge is -2.40. The van der Waals surface area contributed by atoms with Crippen molar-refractivity contribution in [2.24, 2.45) is 5.92 Å². The van der Waals surface area contributed by atoms with E-state index in [1.54, 1.807) is 17.0 Å². The summed E-state index contributed by atoms with van der Waals surface area (Å²) in [5.41, 5.74) is 3.17. The van der Waals surface area contributed by atoms with Gasteiger partial charge in [0.15, 0.2) is 5.75 Å². The fourth-order valence-electron chi connectivity index (χ4n) is 6.49. The van der Waals surface area contributed by atoms with E-state index in [9.17, 15) is 14.4 Å². The lowest BCUT2D eigenvalue weighted by Crippen LogP contribution is -2.51. The summed E-state index contributed by atoms with van der Waals surface area (Å²) < 4.78 is 17.5. The molecule has 2 fully saturated rings. The Hall–Kier alpha value is -3.66. The number of hydrogen-bond acceptors (Lipinski definition) is 6. The van der Waals surface area contributed by atoms with Crippen molar-refractivity contribution in [1.29, 1.82) is 0 Å². The lowest BCUT2D eigenvalue weighted by atomic mass is 9.79. The molecule has 1 aliphatic carbocycles. The first-order valence-electron chi connectivity index (χ1n) is 17.8. The van der Waals surface area contributed by atoms with E-state index in [-0.39, 0.29) is 43.5 Å². The van der Waals surface area contributed by atoms with Gasteiger partial charge in [0.25, 0.3) is 0 Å². The zero-order valence-electron chi connectivity index (χ0n) is 30.5. The number of carbonyl (C=O) groups is 3. The summed E-state index contributed by atoms with van der Waals surface area (Å²) >= 11 is 19.3. The van der Waals surface area contributed by atoms with Gasteiger partial charge in [-0.05, 0) is 112 Å². The van der Waals surface area contributed by atoms with Gasteiger partial charge in [0.2, 0.25) is 11.8 Å². The van der Waals surface area contributed by atoms with E-state index in [1.165, 1.54) is 6.92 Å². The van der Waals surface area contributed by atoms with Crippen molar-refractivity contribution >= 4 is 52.7 Å². The number of aryl methyl sites for hydroxylation is 1. The number of benzene rings is 3. The molecular formula is C40H48Cl3N3O6. The number of ether oxygens (including phenoxy) is 3. The second kappa shape index (κ2) is 17.4. The molecule has 1 N–H and O–H groups in total. The van der Waals surface area contributed by atoms with Crippen molar-refractivity contribution < 1.29 is 28.6 Å². The van der Waals surface area contributed by atoms with Gasteiger partial charge in [-0.2, -0.15) is 0 Å². The monoisotopic (exact) mass is 771 g/mol. The summed E-state index contributed by atoms with van der Waals surface area (Å²) in [6.45, 7) is 11.0. The molecule has 12 heteroatoms. The number of hydrogen-bond donors (Lipinski definition) is 1. The Morgan fingerprint density at radius 2 is 1.58 bits per heavy atom. The molecule has 0 unspecified atom stereocenters. The maximum Gasteiger partial charge on any atom is 0.410 e. The topological polar surface area (TPSA) is 97.4 Å². The third-order valence-electron chi connectivity index (χ3n) is 9.14. The van der Waals surface area contributed by atoms with Gasteiger partial charge in [-0.25, -0.2) is 4.79 Å². The summed E-state index contributed by atoms with van der Waals surface area (Å²) in [4.78, 5) is 42.9. The molecule has 0 aromatic heterocycles. The fourth-order valence-corrected chi connectivity index (χ4v) is 7.37.